The molecule has 2 nitrogen and oxygen atoms in total. The average Bonchev–Trinajstić information content (AvgIpc) is 2.32. The molecular formula is C13H8Cl2N2. The first-order chi connectivity index (χ1) is 8.13. The van der Waals surface area contributed by atoms with Gasteiger partial charge in [-0.05, 0) is 30.2 Å². The first kappa shape index (κ1) is 11.9. The standard InChI is InChI=1S/C13H8Cl2N2/c1-8-2-3-9(6-12(8)14)10-4-5-17-13(15)11(10)7-16/h2-6H,1H3. The molecule has 1 aromatic heterocycles. The van der Waals surface area contributed by atoms with Crippen molar-refractivity contribution in [1.82, 2.24) is 4.98 Å². The Morgan fingerprint density at radius 1 is 1.24 bits per heavy atom. The van der Waals surface area contributed by atoms with Crippen LogP contribution in [0, 0.1) is 18.3 Å². The molecule has 2 rings (SSSR count). The van der Waals surface area contributed by atoms with E-state index in [1.165, 1.54) is 0 Å². The minimum atomic E-state index is 0.210. The smallest absolute Gasteiger partial charge is 0.147 e. The van der Waals surface area contributed by atoms with Gasteiger partial charge in [-0.25, -0.2) is 4.98 Å². The van der Waals surface area contributed by atoms with Crippen LogP contribution >= 0.6 is 23.2 Å². The molecule has 0 atom stereocenters. The largest absolute Gasteiger partial charge is 0.243 e. The lowest BCUT2D eigenvalue weighted by molar-refractivity contribution is 1.30. The van der Waals surface area contributed by atoms with Gasteiger partial charge in [0.25, 0.3) is 0 Å². The molecule has 0 amide bonds. The zero-order valence-electron chi connectivity index (χ0n) is 9.04. The van der Waals surface area contributed by atoms with Crippen LogP contribution < -0.4 is 0 Å². The second kappa shape index (κ2) is 4.75. The number of hydrogen-bond acceptors (Lipinski definition) is 2. The Labute approximate surface area is 109 Å². The number of pyridine rings is 1. The molecule has 1 heterocycles. The van der Waals surface area contributed by atoms with Crippen molar-refractivity contribution in [2.45, 2.75) is 6.92 Å². The molecule has 0 fully saturated rings. The zero-order chi connectivity index (χ0) is 12.4. The number of aryl methyl sites for hydroxylation is 1. The summed E-state index contributed by atoms with van der Waals surface area (Å²) in [4.78, 5) is 3.89. The summed E-state index contributed by atoms with van der Waals surface area (Å²) in [7, 11) is 0. The van der Waals surface area contributed by atoms with Crippen molar-refractivity contribution in [2.75, 3.05) is 0 Å². The maximum atomic E-state index is 9.08. The molecule has 0 N–H and O–H groups in total. The Bertz CT molecular complexity index is 615. The summed E-state index contributed by atoms with van der Waals surface area (Å²) < 4.78 is 0. The van der Waals surface area contributed by atoms with E-state index < -0.39 is 0 Å². The van der Waals surface area contributed by atoms with Crippen LogP contribution in [0.1, 0.15) is 11.1 Å². The van der Waals surface area contributed by atoms with E-state index in [9.17, 15) is 0 Å². The Balaban J connectivity index is 2.65. The van der Waals surface area contributed by atoms with Gasteiger partial charge in [-0.2, -0.15) is 5.26 Å². The predicted molar refractivity (Wildman–Crippen MR) is 69.1 cm³/mol. The van der Waals surface area contributed by atoms with E-state index >= 15 is 0 Å². The third-order valence-electron chi connectivity index (χ3n) is 2.50. The van der Waals surface area contributed by atoms with Gasteiger partial charge in [-0.3, -0.25) is 0 Å². The maximum Gasteiger partial charge on any atom is 0.147 e. The van der Waals surface area contributed by atoms with E-state index in [4.69, 9.17) is 28.5 Å². The number of nitriles is 1. The lowest BCUT2D eigenvalue weighted by Gasteiger charge is -2.06. The van der Waals surface area contributed by atoms with Gasteiger partial charge in [-0.1, -0.05) is 35.3 Å². The maximum absolute atomic E-state index is 9.08. The summed E-state index contributed by atoms with van der Waals surface area (Å²) in [6.45, 7) is 1.93. The SMILES string of the molecule is Cc1ccc(-c2ccnc(Cl)c2C#N)cc1Cl. The topological polar surface area (TPSA) is 36.7 Å². The Kier molecular flexibility index (Phi) is 3.33. The van der Waals surface area contributed by atoms with Crippen LogP contribution in [0.25, 0.3) is 11.1 Å². The highest BCUT2D eigenvalue weighted by Gasteiger charge is 2.10. The van der Waals surface area contributed by atoms with Gasteiger partial charge < -0.3 is 0 Å². The van der Waals surface area contributed by atoms with Crippen LogP contribution in [-0.2, 0) is 0 Å². The molecule has 0 spiro atoms. The van der Waals surface area contributed by atoms with E-state index in [0.717, 1.165) is 16.7 Å². The van der Waals surface area contributed by atoms with E-state index in [-0.39, 0.29) is 5.15 Å². The van der Waals surface area contributed by atoms with Gasteiger partial charge in [0, 0.05) is 16.8 Å². The van der Waals surface area contributed by atoms with E-state index in [2.05, 4.69) is 11.1 Å². The van der Waals surface area contributed by atoms with Crippen LogP contribution in [0.3, 0.4) is 0 Å². The van der Waals surface area contributed by atoms with Gasteiger partial charge in [0.05, 0.1) is 5.56 Å². The molecule has 84 valence electrons. The Morgan fingerprint density at radius 2 is 2.00 bits per heavy atom. The first-order valence-electron chi connectivity index (χ1n) is 4.94. The molecule has 2 aromatic rings. The normalized spacial score (nSPS) is 10.0. The molecule has 0 radical (unpaired) electrons. The van der Waals surface area contributed by atoms with Crippen LogP contribution in [0.4, 0.5) is 0 Å². The van der Waals surface area contributed by atoms with Crippen molar-refractivity contribution in [2.24, 2.45) is 0 Å². The van der Waals surface area contributed by atoms with Gasteiger partial charge >= 0.3 is 0 Å². The molecule has 0 aliphatic heterocycles. The second-order valence-corrected chi connectivity index (χ2v) is 4.37. The van der Waals surface area contributed by atoms with Gasteiger partial charge in [0.2, 0.25) is 0 Å². The van der Waals surface area contributed by atoms with E-state index in [0.29, 0.717) is 10.6 Å². The van der Waals surface area contributed by atoms with E-state index in [1.54, 1.807) is 12.3 Å². The Hall–Kier alpha value is -1.56. The quantitative estimate of drug-likeness (QED) is 0.721. The average molecular weight is 263 g/mol. The number of hydrogen-bond donors (Lipinski definition) is 0. The van der Waals surface area contributed by atoms with Crippen LogP contribution in [0.15, 0.2) is 30.5 Å². The van der Waals surface area contributed by atoms with Crippen molar-refractivity contribution in [3.63, 3.8) is 0 Å². The summed E-state index contributed by atoms with van der Waals surface area (Å²) in [5.41, 5.74) is 2.97. The Morgan fingerprint density at radius 3 is 2.65 bits per heavy atom. The first-order valence-corrected chi connectivity index (χ1v) is 5.70. The molecular weight excluding hydrogens is 255 g/mol. The molecule has 17 heavy (non-hydrogen) atoms. The fraction of sp³-hybridized carbons (Fsp3) is 0.0769. The van der Waals surface area contributed by atoms with Crippen molar-refractivity contribution in [3.8, 4) is 17.2 Å². The van der Waals surface area contributed by atoms with Gasteiger partial charge in [-0.15, -0.1) is 0 Å². The molecule has 0 aliphatic rings. The van der Waals surface area contributed by atoms with Gasteiger partial charge in [0.1, 0.15) is 11.2 Å². The van der Waals surface area contributed by atoms with Crippen molar-refractivity contribution in [1.29, 1.82) is 5.26 Å². The number of nitrogens with zero attached hydrogens (tertiary/aromatic N) is 2. The summed E-state index contributed by atoms with van der Waals surface area (Å²) >= 11 is 12.0. The highest BCUT2D eigenvalue weighted by molar-refractivity contribution is 6.32. The highest BCUT2D eigenvalue weighted by atomic mass is 35.5. The molecule has 0 saturated heterocycles. The van der Waals surface area contributed by atoms with Crippen LogP contribution in [-0.4, -0.2) is 4.98 Å². The summed E-state index contributed by atoms with van der Waals surface area (Å²) in [6, 6.07) is 9.46. The third-order valence-corrected chi connectivity index (χ3v) is 3.19. The van der Waals surface area contributed by atoms with Crippen molar-refractivity contribution < 1.29 is 0 Å². The fourth-order valence-electron chi connectivity index (χ4n) is 1.54. The molecule has 1 aromatic carbocycles. The summed E-state index contributed by atoms with van der Waals surface area (Å²) in [6.07, 6.45) is 1.58. The zero-order valence-corrected chi connectivity index (χ0v) is 10.5. The van der Waals surface area contributed by atoms with E-state index in [1.807, 2.05) is 25.1 Å². The number of rotatable bonds is 1. The highest BCUT2D eigenvalue weighted by Crippen LogP contribution is 2.29. The molecule has 0 bridgehead atoms. The predicted octanol–water partition coefficient (Wildman–Crippen LogP) is 4.24. The second-order valence-electron chi connectivity index (χ2n) is 3.60. The summed E-state index contributed by atoms with van der Waals surface area (Å²) in [5, 5.41) is 9.95. The van der Waals surface area contributed by atoms with Crippen LogP contribution in [0.2, 0.25) is 10.2 Å². The lowest BCUT2D eigenvalue weighted by atomic mass is 10.0. The lowest BCUT2D eigenvalue weighted by Crippen LogP contribution is -1.89. The monoisotopic (exact) mass is 262 g/mol. The van der Waals surface area contributed by atoms with Gasteiger partial charge in [0.15, 0.2) is 0 Å². The number of benzene rings is 1. The minimum absolute atomic E-state index is 0.210. The summed E-state index contributed by atoms with van der Waals surface area (Å²) in [5.74, 6) is 0. The number of aromatic nitrogens is 1. The molecule has 0 unspecified atom stereocenters. The fourth-order valence-corrected chi connectivity index (χ4v) is 1.92. The van der Waals surface area contributed by atoms with Crippen molar-refractivity contribution in [3.05, 3.63) is 51.8 Å². The molecule has 4 heteroatoms. The number of halogens is 2. The third kappa shape index (κ3) is 2.26. The van der Waals surface area contributed by atoms with Crippen LogP contribution in [0.5, 0.6) is 0 Å². The minimum Gasteiger partial charge on any atom is -0.243 e. The van der Waals surface area contributed by atoms with Crippen molar-refractivity contribution >= 4 is 23.2 Å². The molecule has 0 aliphatic carbocycles. The molecule has 0 saturated carbocycles.